The van der Waals surface area contributed by atoms with Gasteiger partial charge < -0.3 is 10.0 Å². The number of thioether (sulfide) groups is 1. The molecule has 120 valence electrons. The first kappa shape index (κ1) is 16.6. The lowest BCUT2D eigenvalue weighted by molar-refractivity contribution is -0.149. The Kier molecular flexibility index (Phi) is 5.19. The van der Waals surface area contributed by atoms with Gasteiger partial charge in [0, 0.05) is 12.2 Å². The summed E-state index contributed by atoms with van der Waals surface area (Å²) in [5.74, 6) is -0.753. The Morgan fingerprint density at radius 3 is 2.62 bits per heavy atom. The molecular formula is C13H21NO5S2. The average Bonchev–Trinajstić information content (AvgIpc) is 2.93. The van der Waals surface area contributed by atoms with Gasteiger partial charge in [-0.05, 0) is 18.8 Å². The highest BCUT2D eigenvalue weighted by Crippen LogP contribution is 2.34. The van der Waals surface area contributed by atoms with Crippen molar-refractivity contribution in [3.8, 4) is 0 Å². The van der Waals surface area contributed by atoms with E-state index in [1.165, 1.54) is 16.7 Å². The second-order valence-corrected chi connectivity index (χ2v) is 9.14. The lowest BCUT2D eigenvalue weighted by Crippen LogP contribution is -2.46. The fourth-order valence-corrected chi connectivity index (χ4v) is 6.34. The average molecular weight is 335 g/mol. The van der Waals surface area contributed by atoms with Crippen molar-refractivity contribution in [3.05, 3.63) is 0 Å². The first-order valence-electron chi connectivity index (χ1n) is 7.20. The van der Waals surface area contributed by atoms with E-state index in [1.807, 2.05) is 6.92 Å². The van der Waals surface area contributed by atoms with Crippen molar-refractivity contribution in [2.45, 2.75) is 44.0 Å². The van der Waals surface area contributed by atoms with Gasteiger partial charge in [-0.1, -0.05) is 13.3 Å². The number of carboxylic acids is 1. The van der Waals surface area contributed by atoms with Crippen LogP contribution in [0.25, 0.3) is 0 Å². The third kappa shape index (κ3) is 3.91. The number of carbonyl (C=O) groups excluding carboxylic acids is 1. The number of carbonyl (C=O) groups is 2. The zero-order valence-corrected chi connectivity index (χ0v) is 13.7. The maximum absolute atomic E-state index is 12.5. The highest BCUT2D eigenvalue weighted by Gasteiger charge is 2.42. The summed E-state index contributed by atoms with van der Waals surface area (Å²) in [6.45, 7) is 2.00. The molecule has 0 radical (unpaired) electrons. The van der Waals surface area contributed by atoms with Crippen molar-refractivity contribution in [2.75, 3.05) is 17.3 Å². The molecule has 0 saturated carbocycles. The molecule has 1 amide bonds. The lowest BCUT2D eigenvalue weighted by atomic mass is 10.0. The van der Waals surface area contributed by atoms with Crippen LogP contribution in [0.2, 0.25) is 0 Å². The lowest BCUT2D eigenvalue weighted by Gasteiger charge is -2.28. The molecule has 2 heterocycles. The highest BCUT2D eigenvalue weighted by atomic mass is 32.2. The van der Waals surface area contributed by atoms with Crippen LogP contribution in [-0.2, 0) is 19.4 Å². The fraction of sp³-hybridized carbons (Fsp3) is 0.846. The van der Waals surface area contributed by atoms with E-state index < -0.39 is 21.8 Å². The third-order valence-electron chi connectivity index (χ3n) is 3.99. The van der Waals surface area contributed by atoms with Crippen LogP contribution in [0.4, 0.5) is 0 Å². The minimum Gasteiger partial charge on any atom is -0.480 e. The Morgan fingerprint density at radius 1 is 1.38 bits per heavy atom. The van der Waals surface area contributed by atoms with Gasteiger partial charge in [-0.25, -0.2) is 13.2 Å². The summed E-state index contributed by atoms with van der Waals surface area (Å²) in [5.41, 5.74) is 0. The number of amides is 1. The number of hydrogen-bond acceptors (Lipinski definition) is 5. The van der Waals surface area contributed by atoms with Crippen LogP contribution in [0.15, 0.2) is 0 Å². The zero-order chi connectivity index (χ0) is 15.6. The van der Waals surface area contributed by atoms with Gasteiger partial charge in [-0.3, -0.25) is 4.79 Å². The summed E-state index contributed by atoms with van der Waals surface area (Å²) in [6, 6.07) is -0.780. The van der Waals surface area contributed by atoms with E-state index >= 15 is 0 Å². The molecule has 21 heavy (non-hydrogen) atoms. The van der Waals surface area contributed by atoms with E-state index in [9.17, 15) is 23.1 Å². The predicted molar refractivity (Wildman–Crippen MR) is 80.8 cm³/mol. The van der Waals surface area contributed by atoms with E-state index in [1.54, 1.807) is 0 Å². The van der Waals surface area contributed by atoms with Gasteiger partial charge in [0.1, 0.15) is 6.04 Å². The summed E-state index contributed by atoms with van der Waals surface area (Å²) in [4.78, 5) is 25.2. The molecule has 0 spiro atoms. The van der Waals surface area contributed by atoms with Crippen LogP contribution in [0.5, 0.6) is 0 Å². The number of carboxylic acid groups (broad SMARTS) is 1. The molecule has 8 heteroatoms. The summed E-state index contributed by atoms with van der Waals surface area (Å²) >= 11 is 1.50. The summed E-state index contributed by atoms with van der Waals surface area (Å²) < 4.78 is 22.9. The topological polar surface area (TPSA) is 91.8 Å². The second kappa shape index (κ2) is 6.56. The molecule has 0 bridgehead atoms. The molecule has 0 aromatic heterocycles. The maximum Gasteiger partial charge on any atom is 0.327 e. The molecule has 2 saturated heterocycles. The molecule has 3 unspecified atom stereocenters. The van der Waals surface area contributed by atoms with Gasteiger partial charge >= 0.3 is 5.97 Å². The van der Waals surface area contributed by atoms with Crippen molar-refractivity contribution >= 4 is 33.5 Å². The monoisotopic (exact) mass is 335 g/mol. The molecule has 0 aliphatic carbocycles. The fourth-order valence-electron chi connectivity index (χ4n) is 2.94. The Labute approximate surface area is 129 Å². The number of hydrogen-bond donors (Lipinski definition) is 1. The number of aliphatic carboxylic acids is 1. The molecule has 2 aliphatic rings. The zero-order valence-electron chi connectivity index (χ0n) is 12.0. The Morgan fingerprint density at radius 2 is 2.10 bits per heavy atom. The number of sulfone groups is 1. The van der Waals surface area contributed by atoms with Gasteiger partial charge in [-0.15, -0.1) is 11.8 Å². The molecule has 0 aromatic carbocycles. The normalized spacial score (nSPS) is 31.5. The van der Waals surface area contributed by atoms with Crippen LogP contribution < -0.4 is 0 Å². The Bertz CT molecular complexity index is 519. The highest BCUT2D eigenvalue weighted by molar-refractivity contribution is 8.00. The SMILES string of the molecule is CCCC1SCC(C(=O)O)N1C(=O)CC1CCS(=O)(=O)C1. The minimum absolute atomic E-state index is 0.0515. The molecule has 3 atom stereocenters. The van der Waals surface area contributed by atoms with Crippen LogP contribution in [0, 0.1) is 5.92 Å². The molecular weight excluding hydrogens is 314 g/mol. The number of nitrogens with zero attached hydrogens (tertiary/aromatic N) is 1. The summed E-state index contributed by atoms with van der Waals surface area (Å²) in [5, 5.41) is 9.16. The molecule has 0 aromatic rings. The van der Waals surface area contributed by atoms with Crippen molar-refractivity contribution in [3.63, 3.8) is 0 Å². The van der Waals surface area contributed by atoms with Crippen molar-refractivity contribution in [2.24, 2.45) is 5.92 Å². The Balaban J connectivity index is 2.05. The van der Waals surface area contributed by atoms with Crippen LogP contribution in [0.3, 0.4) is 0 Å². The van der Waals surface area contributed by atoms with E-state index in [-0.39, 0.29) is 35.1 Å². The molecule has 1 N–H and O–H groups in total. The molecule has 6 nitrogen and oxygen atoms in total. The van der Waals surface area contributed by atoms with Crippen molar-refractivity contribution in [1.82, 2.24) is 4.90 Å². The van der Waals surface area contributed by atoms with Crippen LogP contribution in [-0.4, -0.2) is 59.0 Å². The van der Waals surface area contributed by atoms with Gasteiger partial charge in [0.25, 0.3) is 0 Å². The van der Waals surface area contributed by atoms with Crippen LogP contribution in [0.1, 0.15) is 32.6 Å². The van der Waals surface area contributed by atoms with E-state index in [2.05, 4.69) is 0 Å². The first-order valence-corrected chi connectivity index (χ1v) is 10.1. The van der Waals surface area contributed by atoms with Crippen LogP contribution >= 0.6 is 11.8 Å². The largest absolute Gasteiger partial charge is 0.480 e. The second-order valence-electron chi connectivity index (χ2n) is 5.70. The van der Waals surface area contributed by atoms with Gasteiger partial charge in [0.2, 0.25) is 5.91 Å². The van der Waals surface area contributed by atoms with Gasteiger partial charge in [0.05, 0.1) is 16.9 Å². The van der Waals surface area contributed by atoms with Crippen molar-refractivity contribution in [1.29, 1.82) is 0 Å². The minimum atomic E-state index is -3.01. The predicted octanol–water partition coefficient (Wildman–Crippen LogP) is 0.966. The van der Waals surface area contributed by atoms with E-state index in [4.69, 9.17) is 0 Å². The van der Waals surface area contributed by atoms with Gasteiger partial charge in [0.15, 0.2) is 9.84 Å². The third-order valence-corrected chi connectivity index (χ3v) is 7.18. The summed E-state index contributed by atoms with van der Waals surface area (Å²) in [7, 11) is -3.01. The number of rotatable bonds is 5. The Hall–Kier alpha value is -0.760. The van der Waals surface area contributed by atoms with E-state index in [0.717, 1.165) is 12.8 Å². The quantitative estimate of drug-likeness (QED) is 0.805. The molecule has 2 aliphatic heterocycles. The smallest absolute Gasteiger partial charge is 0.327 e. The first-order chi connectivity index (χ1) is 9.84. The van der Waals surface area contributed by atoms with E-state index in [0.29, 0.717) is 12.2 Å². The maximum atomic E-state index is 12.5. The molecule has 2 rings (SSSR count). The standard InChI is InChI=1S/C13H21NO5S2/c1-2-3-12-14(10(7-20-12)13(16)17)11(15)6-9-4-5-21(18,19)8-9/h9-10,12H,2-8H2,1H3,(H,16,17). The van der Waals surface area contributed by atoms with Crippen molar-refractivity contribution < 1.29 is 23.1 Å². The summed E-state index contributed by atoms with van der Waals surface area (Å²) in [6.07, 6.45) is 2.30. The molecule has 2 fully saturated rings. The van der Waals surface area contributed by atoms with Gasteiger partial charge in [-0.2, -0.15) is 0 Å².